The van der Waals surface area contributed by atoms with Gasteiger partial charge in [0.2, 0.25) is 0 Å². The molecule has 0 radical (unpaired) electrons. The Labute approximate surface area is 192 Å². The molecule has 2 N–H and O–H groups in total. The van der Waals surface area contributed by atoms with Gasteiger partial charge in [0, 0.05) is 56.0 Å². The van der Waals surface area contributed by atoms with Crippen molar-refractivity contribution >= 4 is 11.6 Å². The zero-order valence-corrected chi connectivity index (χ0v) is 18.6. The molecule has 0 aliphatic carbocycles. The second kappa shape index (κ2) is 9.13. The number of aliphatic hydroxyl groups is 1. The summed E-state index contributed by atoms with van der Waals surface area (Å²) in [5, 5.41) is 13.3. The van der Waals surface area contributed by atoms with E-state index in [1.807, 2.05) is 48.0 Å². The van der Waals surface area contributed by atoms with Crippen molar-refractivity contribution in [2.24, 2.45) is 0 Å². The first kappa shape index (κ1) is 21.3. The van der Waals surface area contributed by atoms with E-state index < -0.39 is 6.10 Å². The molecule has 5 rings (SSSR count). The lowest BCUT2D eigenvalue weighted by Gasteiger charge is -2.30. The van der Waals surface area contributed by atoms with Gasteiger partial charge in [-0.2, -0.15) is 0 Å². The van der Waals surface area contributed by atoms with E-state index in [0.717, 1.165) is 36.3 Å². The number of benzene rings is 1. The summed E-state index contributed by atoms with van der Waals surface area (Å²) in [5.74, 6) is -0.291. The minimum atomic E-state index is -0.642. The summed E-state index contributed by atoms with van der Waals surface area (Å²) < 4.78 is 1.84. The molecule has 1 aliphatic rings. The molecule has 3 aromatic heterocycles. The molecule has 0 saturated heterocycles. The summed E-state index contributed by atoms with van der Waals surface area (Å²) in [4.78, 5) is 23.6. The van der Waals surface area contributed by atoms with Crippen molar-refractivity contribution in [3.05, 3.63) is 89.6 Å². The van der Waals surface area contributed by atoms with Crippen LogP contribution < -0.4 is 5.32 Å². The van der Waals surface area contributed by atoms with E-state index in [2.05, 4.69) is 44.5 Å². The molecule has 33 heavy (non-hydrogen) atoms. The summed E-state index contributed by atoms with van der Waals surface area (Å²) in [6.45, 7) is 4.40. The Morgan fingerprint density at radius 1 is 1.09 bits per heavy atom. The Kier molecular flexibility index (Phi) is 5.90. The number of nitrogens with one attached hydrogen (secondary N) is 1. The number of carbonyl (C=O) groups excluding carboxylic acids is 1. The molecule has 0 bridgehead atoms. The highest BCUT2D eigenvalue weighted by molar-refractivity contribution is 5.92. The van der Waals surface area contributed by atoms with E-state index >= 15 is 0 Å². The highest BCUT2D eigenvalue weighted by Crippen LogP contribution is 2.20. The number of fused-ring (bicyclic) bond motifs is 2. The van der Waals surface area contributed by atoms with Gasteiger partial charge in [-0.3, -0.25) is 14.7 Å². The van der Waals surface area contributed by atoms with Gasteiger partial charge in [0.1, 0.15) is 11.3 Å². The Morgan fingerprint density at radius 2 is 1.91 bits per heavy atom. The number of carbonyl (C=O) groups is 1. The predicted molar refractivity (Wildman–Crippen MR) is 127 cm³/mol. The number of β-amino-alcohol motifs (C(OH)–C–C–N with tert-alkyl or cyclic N) is 1. The number of imidazole rings is 1. The lowest BCUT2D eigenvalue weighted by molar-refractivity contribution is 0.0838. The lowest BCUT2D eigenvalue weighted by Crippen LogP contribution is -2.42. The molecule has 168 valence electrons. The summed E-state index contributed by atoms with van der Waals surface area (Å²) in [6.07, 6.45) is 5.83. The fourth-order valence-corrected chi connectivity index (χ4v) is 4.28. The quantitative estimate of drug-likeness (QED) is 0.481. The van der Waals surface area contributed by atoms with Crippen LogP contribution in [-0.2, 0) is 13.0 Å². The number of hydrogen-bond acceptors (Lipinski definition) is 5. The summed E-state index contributed by atoms with van der Waals surface area (Å²) in [7, 11) is 0. The highest BCUT2D eigenvalue weighted by Gasteiger charge is 2.19. The first-order chi connectivity index (χ1) is 16.0. The molecule has 1 amide bonds. The Balaban J connectivity index is 1.19. The normalized spacial score (nSPS) is 14.7. The fourth-order valence-electron chi connectivity index (χ4n) is 4.28. The fraction of sp³-hybridized carbons (Fsp3) is 0.269. The average molecular weight is 442 g/mol. The van der Waals surface area contributed by atoms with Gasteiger partial charge in [0.05, 0.1) is 6.10 Å². The van der Waals surface area contributed by atoms with Crippen LogP contribution in [0.25, 0.3) is 16.8 Å². The second-order valence-corrected chi connectivity index (χ2v) is 8.62. The summed E-state index contributed by atoms with van der Waals surface area (Å²) in [6, 6.07) is 16.3. The monoisotopic (exact) mass is 441 g/mol. The number of amides is 1. The zero-order valence-electron chi connectivity index (χ0n) is 18.6. The van der Waals surface area contributed by atoms with Gasteiger partial charge in [0.15, 0.2) is 0 Å². The second-order valence-electron chi connectivity index (χ2n) is 8.62. The number of hydrogen-bond donors (Lipinski definition) is 2. The molecule has 4 heterocycles. The van der Waals surface area contributed by atoms with E-state index in [0.29, 0.717) is 17.9 Å². The van der Waals surface area contributed by atoms with Crippen LogP contribution in [0, 0.1) is 6.92 Å². The van der Waals surface area contributed by atoms with Crippen LogP contribution in [0.1, 0.15) is 27.3 Å². The molecule has 0 spiro atoms. The van der Waals surface area contributed by atoms with E-state index in [1.165, 1.54) is 11.1 Å². The van der Waals surface area contributed by atoms with E-state index in [4.69, 9.17) is 0 Å². The minimum Gasteiger partial charge on any atom is -0.390 e. The van der Waals surface area contributed by atoms with Crippen molar-refractivity contribution < 1.29 is 9.90 Å². The van der Waals surface area contributed by atoms with Crippen molar-refractivity contribution in [1.82, 2.24) is 24.6 Å². The van der Waals surface area contributed by atoms with Crippen molar-refractivity contribution in [3.63, 3.8) is 0 Å². The van der Waals surface area contributed by atoms with Gasteiger partial charge in [-0.05, 0) is 48.2 Å². The molecule has 4 aromatic rings. The molecule has 7 nitrogen and oxygen atoms in total. The first-order valence-corrected chi connectivity index (χ1v) is 11.2. The molecule has 0 fully saturated rings. The number of aliphatic hydroxyl groups excluding tert-OH is 1. The topological polar surface area (TPSA) is 82.8 Å². The van der Waals surface area contributed by atoms with Gasteiger partial charge >= 0.3 is 0 Å². The molecule has 0 unspecified atom stereocenters. The molecule has 1 atom stereocenters. The van der Waals surface area contributed by atoms with Crippen LogP contribution in [0.5, 0.6) is 0 Å². The van der Waals surface area contributed by atoms with Crippen LogP contribution >= 0.6 is 0 Å². The average Bonchev–Trinajstić information content (AvgIpc) is 3.26. The zero-order chi connectivity index (χ0) is 22.8. The van der Waals surface area contributed by atoms with E-state index in [1.54, 1.807) is 6.20 Å². The maximum absolute atomic E-state index is 12.6. The van der Waals surface area contributed by atoms with Gasteiger partial charge < -0.3 is 14.8 Å². The van der Waals surface area contributed by atoms with E-state index in [-0.39, 0.29) is 12.5 Å². The van der Waals surface area contributed by atoms with Crippen LogP contribution in [0.2, 0.25) is 0 Å². The van der Waals surface area contributed by atoms with Gasteiger partial charge in [-0.25, -0.2) is 4.98 Å². The van der Waals surface area contributed by atoms with E-state index in [9.17, 15) is 9.90 Å². The largest absolute Gasteiger partial charge is 0.390 e. The minimum absolute atomic E-state index is 0.186. The van der Waals surface area contributed by atoms with Gasteiger partial charge in [-0.15, -0.1) is 0 Å². The van der Waals surface area contributed by atoms with Crippen LogP contribution in [0.3, 0.4) is 0 Å². The first-order valence-electron chi connectivity index (χ1n) is 11.2. The third-order valence-electron chi connectivity index (χ3n) is 6.11. The van der Waals surface area contributed by atoms with Gasteiger partial charge in [-0.1, -0.05) is 30.3 Å². The Bertz CT molecular complexity index is 1280. The standard InChI is InChI=1S/C26H27N5O2/c1-18-6-7-20(12-27-18)22-8-9-25-29-24(17-31(25)15-22)26(33)28-13-23(32)16-30-11-10-19-4-2-3-5-21(19)14-30/h2-9,12,15,17,23,32H,10-11,13-14,16H2,1H3,(H,28,33)/t23-/m0/s1. The number of rotatable bonds is 6. The van der Waals surface area contributed by atoms with Gasteiger partial charge in [0.25, 0.3) is 5.91 Å². The van der Waals surface area contributed by atoms with Crippen molar-refractivity contribution in [2.45, 2.75) is 26.0 Å². The molecule has 7 heteroatoms. The maximum Gasteiger partial charge on any atom is 0.271 e. The van der Waals surface area contributed by atoms with Crippen LogP contribution in [0.15, 0.2) is 67.1 Å². The smallest absolute Gasteiger partial charge is 0.271 e. The summed E-state index contributed by atoms with van der Waals surface area (Å²) in [5.41, 5.74) is 6.68. The number of pyridine rings is 2. The summed E-state index contributed by atoms with van der Waals surface area (Å²) >= 11 is 0. The van der Waals surface area contributed by atoms with Crippen molar-refractivity contribution in [1.29, 1.82) is 0 Å². The molecular formula is C26H27N5O2. The number of aromatic nitrogens is 3. The number of nitrogens with zero attached hydrogens (tertiary/aromatic N) is 4. The Morgan fingerprint density at radius 3 is 2.73 bits per heavy atom. The highest BCUT2D eigenvalue weighted by atomic mass is 16.3. The molecular weight excluding hydrogens is 414 g/mol. The van der Waals surface area contributed by atoms with Crippen molar-refractivity contribution in [3.8, 4) is 11.1 Å². The molecule has 1 aromatic carbocycles. The SMILES string of the molecule is Cc1ccc(-c2ccc3nc(C(=O)NC[C@H](O)CN4CCc5ccccc5C4)cn3c2)cn1. The third kappa shape index (κ3) is 4.79. The third-order valence-corrected chi connectivity index (χ3v) is 6.11. The number of aryl methyl sites for hydroxylation is 1. The Hall–Kier alpha value is -3.55. The van der Waals surface area contributed by atoms with Crippen molar-refractivity contribution in [2.75, 3.05) is 19.6 Å². The predicted octanol–water partition coefficient (Wildman–Crippen LogP) is 2.85. The molecule has 0 saturated carbocycles. The molecule has 1 aliphatic heterocycles. The van der Waals surface area contributed by atoms with Crippen LogP contribution in [0.4, 0.5) is 0 Å². The van der Waals surface area contributed by atoms with Crippen LogP contribution in [-0.4, -0.2) is 56.0 Å². The lowest BCUT2D eigenvalue weighted by atomic mass is 10.00. The maximum atomic E-state index is 12.6.